The highest BCUT2D eigenvalue weighted by Gasteiger charge is 2.39. The molecule has 0 aliphatic carbocycles. The van der Waals surface area contributed by atoms with Crippen molar-refractivity contribution in [3.63, 3.8) is 0 Å². The molecule has 0 aliphatic rings. The van der Waals surface area contributed by atoms with Crippen molar-refractivity contribution >= 4 is 17.9 Å². The van der Waals surface area contributed by atoms with E-state index in [1.165, 1.54) is 0 Å². The second-order valence-corrected chi connectivity index (χ2v) is 12.1. The maximum atomic E-state index is 14.8. The zero-order valence-corrected chi connectivity index (χ0v) is 23.1. The summed E-state index contributed by atoms with van der Waals surface area (Å²) in [5.74, 6) is 0. The van der Waals surface area contributed by atoms with Crippen LogP contribution in [0.4, 0.5) is 0 Å². The average molecular weight is 532 g/mol. The third-order valence-corrected chi connectivity index (χ3v) is 9.92. The molecule has 4 heteroatoms. The minimum absolute atomic E-state index is 0.160. The lowest BCUT2D eigenvalue weighted by molar-refractivity contribution is 0.00254. The smallest absolute Gasteiger partial charge is 0.204 e. The first kappa shape index (κ1) is 26.8. The summed E-state index contributed by atoms with van der Waals surface area (Å²) in [5.41, 5.74) is 2.31. The molecule has 0 aliphatic heterocycles. The summed E-state index contributed by atoms with van der Waals surface area (Å²) in [6.45, 7) is 2.47. The summed E-state index contributed by atoms with van der Waals surface area (Å²) >= 11 is 0. The van der Waals surface area contributed by atoms with E-state index in [1.54, 1.807) is 0 Å². The second-order valence-electron chi connectivity index (χ2n) is 9.60. The van der Waals surface area contributed by atoms with Gasteiger partial charge in [0.25, 0.3) is 0 Å². The standard InChI is InChI=1S/C35H34NO2P/c1-2-32(36-39(37,33-24-14-6-15-25-33)34-26-16-7-17-27-34)28-38-35(29-18-8-3-9-19-29,30-20-10-4-11-21-30)31-22-12-5-13-23-31/h3-27,32H,2,28H2,1H3,(H,36,37). The first-order chi connectivity index (χ1) is 19.2. The van der Waals surface area contributed by atoms with E-state index in [1.807, 2.05) is 115 Å². The average Bonchev–Trinajstić information content (AvgIpc) is 3.03. The van der Waals surface area contributed by atoms with Crippen molar-refractivity contribution in [2.75, 3.05) is 6.61 Å². The Labute approximate surface area is 231 Å². The predicted molar refractivity (Wildman–Crippen MR) is 162 cm³/mol. The van der Waals surface area contributed by atoms with E-state index in [0.717, 1.165) is 33.7 Å². The molecule has 0 amide bonds. The van der Waals surface area contributed by atoms with Crippen LogP contribution in [0, 0.1) is 0 Å². The minimum Gasteiger partial charge on any atom is -0.359 e. The van der Waals surface area contributed by atoms with Gasteiger partial charge >= 0.3 is 0 Å². The molecule has 0 spiro atoms. The molecule has 0 fully saturated rings. The first-order valence-electron chi connectivity index (χ1n) is 13.5. The number of nitrogens with one attached hydrogen (secondary N) is 1. The van der Waals surface area contributed by atoms with E-state index in [9.17, 15) is 4.57 Å². The zero-order chi connectivity index (χ0) is 27.0. The molecule has 196 valence electrons. The number of benzene rings is 5. The van der Waals surface area contributed by atoms with Crippen LogP contribution in [0.2, 0.25) is 0 Å². The van der Waals surface area contributed by atoms with Gasteiger partial charge in [0.2, 0.25) is 7.29 Å². The number of hydrogen-bond donors (Lipinski definition) is 1. The molecule has 0 saturated carbocycles. The minimum atomic E-state index is -3.12. The zero-order valence-electron chi connectivity index (χ0n) is 22.2. The van der Waals surface area contributed by atoms with Crippen molar-refractivity contribution in [1.82, 2.24) is 5.09 Å². The first-order valence-corrected chi connectivity index (χ1v) is 15.2. The topological polar surface area (TPSA) is 38.3 Å². The lowest BCUT2D eigenvalue weighted by Crippen LogP contribution is -2.41. The molecule has 5 aromatic carbocycles. The summed E-state index contributed by atoms with van der Waals surface area (Å²) in [5, 5.41) is 5.14. The van der Waals surface area contributed by atoms with Gasteiger partial charge in [0.15, 0.2) is 0 Å². The molecular formula is C35H34NO2P. The van der Waals surface area contributed by atoms with E-state index < -0.39 is 12.9 Å². The molecule has 1 atom stereocenters. The van der Waals surface area contributed by atoms with Gasteiger partial charge in [-0.25, -0.2) is 0 Å². The molecule has 3 nitrogen and oxygen atoms in total. The Bertz CT molecular complexity index is 1340. The largest absolute Gasteiger partial charge is 0.359 e. The molecule has 1 N–H and O–H groups in total. The van der Waals surface area contributed by atoms with Crippen LogP contribution < -0.4 is 15.7 Å². The summed E-state index contributed by atoms with van der Waals surface area (Å²) in [7, 11) is -3.12. The van der Waals surface area contributed by atoms with Crippen LogP contribution in [0.25, 0.3) is 0 Å². The Morgan fingerprint density at radius 2 is 0.923 bits per heavy atom. The molecular weight excluding hydrogens is 497 g/mol. The Kier molecular flexibility index (Phi) is 8.54. The van der Waals surface area contributed by atoms with Crippen LogP contribution in [-0.4, -0.2) is 12.6 Å². The normalized spacial score (nSPS) is 12.6. The van der Waals surface area contributed by atoms with Crippen LogP contribution in [-0.2, 0) is 14.9 Å². The van der Waals surface area contributed by atoms with Gasteiger partial charge in [-0.1, -0.05) is 134 Å². The summed E-state index contributed by atoms with van der Waals surface area (Å²) in [6, 6.07) is 50.3. The van der Waals surface area contributed by atoms with Gasteiger partial charge in [-0.05, 0) is 47.4 Å². The third-order valence-electron chi connectivity index (χ3n) is 7.14. The van der Waals surface area contributed by atoms with Crippen LogP contribution in [0.1, 0.15) is 30.0 Å². The lowest BCUT2D eigenvalue weighted by atomic mass is 9.80. The van der Waals surface area contributed by atoms with Gasteiger partial charge < -0.3 is 4.74 Å². The van der Waals surface area contributed by atoms with Crippen molar-refractivity contribution in [2.45, 2.75) is 25.0 Å². The van der Waals surface area contributed by atoms with E-state index in [-0.39, 0.29) is 6.04 Å². The molecule has 1 unspecified atom stereocenters. The Morgan fingerprint density at radius 3 is 1.26 bits per heavy atom. The molecule has 0 heterocycles. The van der Waals surface area contributed by atoms with Crippen LogP contribution >= 0.6 is 7.29 Å². The van der Waals surface area contributed by atoms with Crippen molar-refractivity contribution < 1.29 is 9.30 Å². The second kappa shape index (κ2) is 12.4. The lowest BCUT2D eigenvalue weighted by Gasteiger charge is -2.37. The van der Waals surface area contributed by atoms with Gasteiger partial charge in [0, 0.05) is 16.7 Å². The molecule has 0 aromatic heterocycles. The number of ether oxygens (including phenoxy) is 1. The third kappa shape index (κ3) is 5.67. The summed E-state index contributed by atoms with van der Waals surface area (Å²) in [4.78, 5) is 0. The molecule has 5 rings (SSSR count). The highest BCUT2D eigenvalue weighted by Crippen LogP contribution is 2.42. The summed E-state index contributed by atoms with van der Waals surface area (Å²) in [6.07, 6.45) is 0.748. The predicted octanol–water partition coefficient (Wildman–Crippen LogP) is 7.29. The fraction of sp³-hybridized carbons (Fsp3) is 0.143. The highest BCUT2D eigenvalue weighted by atomic mass is 31.2. The fourth-order valence-electron chi connectivity index (χ4n) is 5.07. The Hall–Kier alpha value is -3.75. The molecule has 0 radical (unpaired) electrons. The molecule has 39 heavy (non-hydrogen) atoms. The van der Waals surface area contributed by atoms with Crippen molar-refractivity contribution in [3.8, 4) is 0 Å². The monoisotopic (exact) mass is 531 g/mol. The molecule has 5 aromatic rings. The number of hydrogen-bond acceptors (Lipinski definition) is 2. The van der Waals surface area contributed by atoms with Crippen LogP contribution in [0.15, 0.2) is 152 Å². The van der Waals surface area contributed by atoms with E-state index in [4.69, 9.17) is 4.74 Å². The van der Waals surface area contributed by atoms with Gasteiger partial charge in [0.1, 0.15) is 5.60 Å². The SMILES string of the molecule is CCC(COC(c1ccccc1)(c1ccccc1)c1ccccc1)NP(=O)(c1ccccc1)c1ccccc1. The van der Waals surface area contributed by atoms with Crippen molar-refractivity contribution in [1.29, 1.82) is 0 Å². The van der Waals surface area contributed by atoms with Gasteiger partial charge in [-0.15, -0.1) is 0 Å². The van der Waals surface area contributed by atoms with E-state index in [2.05, 4.69) is 48.4 Å². The van der Waals surface area contributed by atoms with Crippen LogP contribution in [0.5, 0.6) is 0 Å². The quantitative estimate of drug-likeness (QED) is 0.144. The van der Waals surface area contributed by atoms with Crippen LogP contribution in [0.3, 0.4) is 0 Å². The highest BCUT2D eigenvalue weighted by molar-refractivity contribution is 7.76. The maximum Gasteiger partial charge on any atom is 0.204 e. The van der Waals surface area contributed by atoms with E-state index >= 15 is 0 Å². The number of rotatable bonds is 11. The van der Waals surface area contributed by atoms with Crippen molar-refractivity contribution in [2.24, 2.45) is 0 Å². The molecule has 0 bridgehead atoms. The fourth-order valence-corrected chi connectivity index (χ4v) is 7.62. The van der Waals surface area contributed by atoms with E-state index in [0.29, 0.717) is 6.61 Å². The van der Waals surface area contributed by atoms with Gasteiger partial charge in [0.05, 0.1) is 6.61 Å². The summed E-state index contributed by atoms with van der Waals surface area (Å²) < 4.78 is 21.8. The van der Waals surface area contributed by atoms with Crippen molar-refractivity contribution in [3.05, 3.63) is 168 Å². The van der Waals surface area contributed by atoms with Gasteiger partial charge in [-0.3, -0.25) is 9.65 Å². The van der Waals surface area contributed by atoms with Gasteiger partial charge in [-0.2, -0.15) is 0 Å². The Morgan fingerprint density at radius 1 is 0.590 bits per heavy atom. The maximum absolute atomic E-state index is 14.8. The Balaban J connectivity index is 1.55. The molecule has 0 saturated heterocycles.